The second kappa shape index (κ2) is 5.01. The molecule has 0 atom stereocenters. The van der Waals surface area contributed by atoms with Gasteiger partial charge in [-0.05, 0) is 67.7 Å². The van der Waals surface area contributed by atoms with Gasteiger partial charge in [-0.15, -0.1) is 0 Å². The van der Waals surface area contributed by atoms with Crippen LogP contribution in [0, 0.1) is 17.8 Å². The molecule has 4 heteroatoms. The van der Waals surface area contributed by atoms with Gasteiger partial charge in [-0.3, -0.25) is 0 Å². The molecule has 3 nitrogen and oxygen atoms in total. The Kier molecular flexibility index (Phi) is 3.15. The minimum atomic E-state index is 0.660. The molecule has 0 radical (unpaired) electrons. The molecule has 1 aromatic heterocycles. The highest BCUT2D eigenvalue weighted by atomic mass is 32.1. The summed E-state index contributed by atoms with van der Waals surface area (Å²) in [5.41, 5.74) is 8.11. The summed E-state index contributed by atoms with van der Waals surface area (Å²) in [6.45, 7) is 2.15. The number of thiazole rings is 1. The number of anilines is 1. The molecule has 3 N–H and O–H groups in total. The van der Waals surface area contributed by atoms with Crippen LogP contribution in [-0.2, 0) is 6.54 Å². The highest BCUT2D eigenvalue weighted by Crippen LogP contribution is 2.48. The fourth-order valence-electron chi connectivity index (χ4n) is 3.25. The van der Waals surface area contributed by atoms with Gasteiger partial charge in [0, 0.05) is 6.54 Å². The van der Waals surface area contributed by atoms with Crippen molar-refractivity contribution < 1.29 is 0 Å². The van der Waals surface area contributed by atoms with Crippen molar-refractivity contribution in [3.8, 4) is 0 Å². The molecule has 4 rings (SSSR count). The van der Waals surface area contributed by atoms with E-state index in [-0.39, 0.29) is 0 Å². The molecular formula is C16H21N3S. The minimum absolute atomic E-state index is 0.660. The summed E-state index contributed by atoms with van der Waals surface area (Å²) >= 11 is 1.57. The molecule has 0 spiro atoms. The third-order valence-corrected chi connectivity index (χ3v) is 5.48. The Morgan fingerprint density at radius 3 is 2.70 bits per heavy atom. The number of fused-ring (bicyclic) bond motifs is 1. The zero-order valence-corrected chi connectivity index (χ0v) is 12.5. The maximum absolute atomic E-state index is 5.75. The van der Waals surface area contributed by atoms with Gasteiger partial charge in [-0.25, -0.2) is 4.98 Å². The fourth-order valence-corrected chi connectivity index (χ4v) is 4.04. The number of rotatable bonds is 6. The molecule has 0 saturated heterocycles. The van der Waals surface area contributed by atoms with Crippen LogP contribution in [0.1, 0.15) is 31.2 Å². The Labute approximate surface area is 123 Å². The van der Waals surface area contributed by atoms with Crippen LogP contribution in [0.4, 0.5) is 5.13 Å². The molecule has 2 aromatic rings. The Bertz CT molecular complexity index is 601. The molecule has 2 aliphatic carbocycles. The van der Waals surface area contributed by atoms with E-state index >= 15 is 0 Å². The molecule has 20 heavy (non-hydrogen) atoms. The number of nitrogens with zero attached hydrogens (tertiary/aromatic N) is 1. The van der Waals surface area contributed by atoms with Gasteiger partial charge < -0.3 is 11.1 Å². The van der Waals surface area contributed by atoms with E-state index in [0.29, 0.717) is 5.13 Å². The largest absolute Gasteiger partial charge is 0.375 e. The SMILES string of the molecule is Nc1nc2ccc(CNCC(C3CC3)C3CC3)cc2s1. The van der Waals surface area contributed by atoms with Crippen LogP contribution in [0.2, 0.25) is 0 Å². The van der Waals surface area contributed by atoms with E-state index in [9.17, 15) is 0 Å². The zero-order chi connectivity index (χ0) is 13.5. The van der Waals surface area contributed by atoms with Gasteiger partial charge in [0.1, 0.15) is 0 Å². The molecule has 1 heterocycles. The van der Waals surface area contributed by atoms with Gasteiger partial charge >= 0.3 is 0 Å². The Morgan fingerprint density at radius 2 is 2.00 bits per heavy atom. The maximum atomic E-state index is 5.75. The Balaban J connectivity index is 1.37. The smallest absolute Gasteiger partial charge is 0.181 e. The van der Waals surface area contributed by atoms with E-state index in [1.807, 2.05) is 0 Å². The number of hydrogen-bond donors (Lipinski definition) is 2. The number of aromatic nitrogens is 1. The lowest BCUT2D eigenvalue weighted by atomic mass is 9.98. The number of benzene rings is 1. The van der Waals surface area contributed by atoms with E-state index in [1.165, 1.54) is 42.5 Å². The van der Waals surface area contributed by atoms with E-state index < -0.39 is 0 Å². The van der Waals surface area contributed by atoms with Crippen LogP contribution < -0.4 is 11.1 Å². The third kappa shape index (κ3) is 2.67. The van der Waals surface area contributed by atoms with Crippen molar-refractivity contribution in [2.24, 2.45) is 17.8 Å². The lowest BCUT2D eigenvalue weighted by molar-refractivity contribution is 0.378. The van der Waals surface area contributed by atoms with Crippen molar-refractivity contribution in [2.45, 2.75) is 32.2 Å². The van der Waals surface area contributed by atoms with E-state index in [0.717, 1.165) is 29.8 Å². The molecule has 0 unspecified atom stereocenters. The monoisotopic (exact) mass is 287 g/mol. The number of nitrogen functional groups attached to an aromatic ring is 1. The molecule has 0 bridgehead atoms. The van der Waals surface area contributed by atoms with Gasteiger partial charge in [0.2, 0.25) is 0 Å². The molecule has 106 valence electrons. The summed E-state index contributed by atoms with van der Waals surface area (Å²) in [5, 5.41) is 4.33. The summed E-state index contributed by atoms with van der Waals surface area (Å²) in [7, 11) is 0. The summed E-state index contributed by atoms with van der Waals surface area (Å²) in [6.07, 6.45) is 5.87. The van der Waals surface area contributed by atoms with Gasteiger partial charge in [-0.2, -0.15) is 0 Å². The predicted molar refractivity (Wildman–Crippen MR) is 84.7 cm³/mol. The van der Waals surface area contributed by atoms with Crippen LogP contribution in [-0.4, -0.2) is 11.5 Å². The summed E-state index contributed by atoms with van der Waals surface area (Å²) in [5.74, 6) is 3.00. The first-order valence-corrected chi connectivity index (χ1v) is 8.47. The number of hydrogen-bond acceptors (Lipinski definition) is 4. The first kappa shape index (κ1) is 12.6. The van der Waals surface area contributed by atoms with Crippen molar-refractivity contribution in [3.63, 3.8) is 0 Å². The number of nitrogens with two attached hydrogens (primary N) is 1. The zero-order valence-electron chi connectivity index (χ0n) is 11.6. The lowest BCUT2D eigenvalue weighted by Gasteiger charge is -2.16. The standard InChI is InChI=1S/C16H21N3S/c17-16-19-14-6-1-10(7-15(14)20-16)8-18-9-13(11-2-3-11)12-4-5-12/h1,6-7,11-13,18H,2-5,8-9H2,(H2,17,19). The lowest BCUT2D eigenvalue weighted by Crippen LogP contribution is -2.25. The average Bonchev–Trinajstić information content (AvgIpc) is 3.32. The number of nitrogens with one attached hydrogen (secondary N) is 1. The predicted octanol–water partition coefficient (Wildman–Crippen LogP) is 3.40. The molecule has 0 amide bonds. The van der Waals surface area contributed by atoms with Crippen LogP contribution in [0.15, 0.2) is 18.2 Å². The van der Waals surface area contributed by atoms with Gasteiger partial charge in [-0.1, -0.05) is 17.4 Å². The second-order valence-corrected chi connectivity index (χ2v) is 7.39. The Morgan fingerprint density at radius 1 is 1.25 bits per heavy atom. The summed E-state index contributed by atoms with van der Waals surface area (Å²) in [6, 6.07) is 6.47. The first-order valence-electron chi connectivity index (χ1n) is 7.65. The summed E-state index contributed by atoms with van der Waals surface area (Å²) < 4.78 is 1.20. The quantitative estimate of drug-likeness (QED) is 0.856. The fraction of sp³-hybridized carbons (Fsp3) is 0.562. The molecule has 0 aliphatic heterocycles. The van der Waals surface area contributed by atoms with Gasteiger partial charge in [0.25, 0.3) is 0 Å². The van der Waals surface area contributed by atoms with Crippen molar-refractivity contribution in [3.05, 3.63) is 23.8 Å². The summed E-state index contributed by atoms with van der Waals surface area (Å²) in [4.78, 5) is 4.30. The van der Waals surface area contributed by atoms with Crippen LogP contribution in [0.25, 0.3) is 10.2 Å². The maximum Gasteiger partial charge on any atom is 0.181 e. The minimum Gasteiger partial charge on any atom is -0.375 e. The van der Waals surface area contributed by atoms with E-state index in [4.69, 9.17) is 5.73 Å². The van der Waals surface area contributed by atoms with Crippen LogP contribution in [0.3, 0.4) is 0 Å². The van der Waals surface area contributed by atoms with Crippen molar-refractivity contribution >= 4 is 26.7 Å². The van der Waals surface area contributed by atoms with Crippen molar-refractivity contribution in [1.82, 2.24) is 10.3 Å². The van der Waals surface area contributed by atoms with Crippen molar-refractivity contribution in [1.29, 1.82) is 0 Å². The average molecular weight is 287 g/mol. The topological polar surface area (TPSA) is 50.9 Å². The normalized spacial score (nSPS) is 19.1. The molecule has 2 saturated carbocycles. The molecule has 1 aromatic carbocycles. The highest BCUT2D eigenvalue weighted by molar-refractivity contribution is 7.22. The van der Waals surface area contributed by atoms with Crippen molar-refractivity contribution in [2.75, 3.05) is 12.3 Å². The van der Waals surface area contributed by atoms with Gasteiger partial charge in [0.15, 0.2) is 5.13 Å². The third-order valence-electron chi connectivity index (χ3n) is 4.63. The first-order chi connectivity index (χ1) is 9.79. The molecule has 2 aliphatic rings. The van der Waals surface area contributed by atoms with E-state index in [2.05, 4.69) is 28.5 Å². The van der Waals surface area contributed by atoms with E-state index in [1.54, 1.807) is 11.3 Å². The van der Waals surface area contributed by atoms with Gasteiger partial charge in [0.05, 0.1) is 10.2 Å². The highest BCUT2D eigenvalue weighted by Gasteiger charge is 2.40. The van der Waals surface area contributed by atoms with Crippen LogP contribution >= 0.6 is 11.3 Å². The molecule has 2 fully saturated rings. The Hall–Kier alpha value is -1.13. The van der Waals surface area contributed by atoms with Crippen LogP contribution in [0.5, 0.6) is 0 Å². The second-order valence-electron chi connectivity index (χ2n) is 6.32. The molecular weight excluding hydrogens is 266 g/mol.